The molecule has 2 aliphatic heterocycles. The highest BCUT2D eigenvalue weighted by Crippen LogP contribution is 2.17. The number of halogens is 1. The monoisotopic (exact) mass is 248 g/mol. The van der Waals surface area contributed by atoms with Crippen LogP contribution in [-0.4, -0.2) is 31.1 Å². The molecule has 1 aromatic carbocycles. The molecule has 0 radical (unpaired) electrons. The minimum absolute atomic E-state index is 0.105. The first-order valence-electron chi connectivity index (χ1n) is 6.50. The average Bonchev–Trinajstić information content (AvgIpc) is 3.02. The average molecular weight is 248 g/mol. The van der Waals surface area contributed by atoms with E-state index in [-0.39, 0.29) is 11.9 Å². The van der Waals surface area contributed by atoms with Gasteiger partial charge in [-0.15, -0.1) is 0 Å². The van der Waals surface area contributed by atoms with Crippen LogP contribution in [0.25, 0.3) is 0 Å². The van der Waals surface area contributed by atoms with E-state index >= 15 is 0 Å². The smallest absolute Gasteiger partial charge is 0.201 e. The van der Waals surface area contributed by atoms with Crippen molar-refractivity contribution < 1.29 is 9.13 Å². The van der Waals surface area contributed by atoms with Crippen molar-refractivity contribution in [2.24, 2.45) is 4.99 Å². The Morgan fingerprint density at radius 1 is 1.33 bits per heavy atom. The molecule has 96 valence electrons. The number of hydrogen-bond donors (Lipinski definition) is 1. The predicted molar refractivity (Wildman–Crippen MR) is 68.3 cm³/mol. The Balaban J connectivity index is 1.55. The van der Waals surface area contributed by atoms with Crippen molar-refractivity contribution in [1.29, 1.82) is 0 Å². The zero-order valence-electron chi connectivity index (χ0n) is 10.2. The minimum Gasteiger partial charge on any atom is -0.474 e. The highest BCUT2D eigenvalue weighted by molar-refractivity contribution is 5.83. The van der Waals surface area contributed by atoms with E-state index in [1.165, 1.54) is 18.6 Å². The van der Waals surface area contributed by atoms with E-state index in [9.17, 15) is 4.39 Å². The molecule has 0 bridgehead atoms. The molecule has 0 amide bonds. The molecule has 0 spiro atoms. The van der Waals surface area contributed by atoms with Gasteiger partial charge in [0.2, 0.25) is 5.90 Å². The fourth-order valence-electron chi connectivity index (χ4n) is 2.51. The van der Waals surface area contributed by atoms with E-state index in [2.05, 4.69) is 10.3 Å². The molecule has 2 atom stereocenters. The summed E-state index contributed by atoms with van der Waals surface area (Å²) < 4.78 is 18.7. The Labute approximate surface area is 106 Å². The van der Waals surface area contributed by atoms with E-state index in [0.29, 0.717) is 12.6 Å². The van der Waals surface area contributed by atoms with Gasteiger partial charge in [0, 0.05) is 6.42 Å². The number of nitrogens with one attached hydrogen (secondary N) is 1. The van der Waals surface area contributed by atoms with Gasteiger partial charge in [0.1, 0.15) is 11.9 Å². The van der Waals surface area contributed by atoms with Crippen molar-refractivity contribution in [3.05, 3.63) is 35.6 Å². The third kappa shape index (κ3) is 2.53. The molecule has 1 aromatic rings. The molecule has 1 fully saturated rings. The lowest BCUT2D eigenvalue weighted by atomic mass is 10.1. The third-order valence-corrected chi connectivity index (χ3v) is 3.47. The van der Waals surface area contributed by atoms with Gasteiger partial charge in [0.05, 0.1) is 12.6 Å². The Morgan fingerprint density at radius 2 is 2.17 bits per heavy atom. The number of nitrogens with zero attached hydrogens (tertiary/aromatic N) is 1. The molecule has 0 aliphatic carbocycles. The van der Waals surface area contributed by atoms with Crippen LogP contribution in [0.1, 0.15) is 18.4 Å². The van der Waals surface area contributed by atoms with Crippen molar-refractivity contribution in [2.45, 2.75) is 31.4 Å². The maximum atomic E-state index is 12.8. The Morgan fingerprint density at radius 3 is 2.89 bits per heavy atom. The summed E-state index contributed by atoms with van der Waals surface area (Å²) in [6.45, 7) is 1.76. The Bertz CT molecular complexity index is 438. The van der Waals surface area contributed by atoms with Crippen LogP contribution in [-0.2, 0) is 11.2 Å². The highest BCUT2D eigenvalue weighted by atomic mass is 19.1. The molecule has 4 heteroatoms. The molecule has 2 unspecified atom stereocenters. The molecule has 3 nitrogen and oxygen atoms in total. The molecule has 2 aliphatic rings. The Hall–Kier alpha value is -1.42. The molecule has 18 heavy (non-hydrogen) atoms. The standard InChI is InChI=1S/C14H17FN2O/c15-11-5-3-10(4-6-11)8-12-9-17-14(18-12)13-2-1-7-16-13/h3-6,12-13,16H,1-2,7-9H2. The van der Waals surface area contributed by atoms with Gasteiger partial charge >= 0.3 is 0 Å². The van der Waals surface area contributed by atoms with E-state index in [1.807, 2.05) is 12.1 Å². The van der Waals surface area contributed by atoms with Crippen LogP contribution >= 0.6 is 0 Å². The lowest BCUT2D eigenvalue weighted by Gasteiger charge is -2.14. The van der Waals surface area contributed by atoms with Crippen molar-refractivity contribution >= 4 is 5.90 Å². The first-order chi connectivity index (χ1) is 8.81. The summed E-state index contributed by atoms with van der Waals surface area (Å²) in [4.78, 5) is 4.47. The summed E-state index contributed by atoms with van der Waals surface area (Å²) in [6.07, 6.45) is 3.20. The van der Waals surface area contributed by atoms with E-state index < -0.39 is 0 Å². The SMILES string of the molecule is Fc1ccc(CC2CN=C(C3CCCN3)O2)cc1. The normalized spacial score (nSPS) is 27.1. The maximum absolute atomic E-state index is 12.8. The quantitative estimate of drug-likeness (QED) is 0.886. The van der Waals surface area contributed by atoms with E-state index in [0.717, 1.165) is 30.8 Å². The van der Waals surface area contributed by atoms with Crippen LogP contribution in [0.5, 0.6) is 0 Å². The molecule has 3 rings (SSSR count). The molecular weight excluding hydrogens is 231 g/mol. The van der Waals surface area contributed by atoms with E-state index in [1.54, 1.807) is 0 Å². The summed E-state index contributed by atoms with van der Waals surface area (Å²) in [5.74, 6) is 0.665. The summed E-state index contributed by atoms with van der Waals surface area (Å²) >= 11 is 0. The number of aliphatic imine (C=N–C) groups is 1. The second-order valence-electron chi connectivity index (χ2n) is 4.90. The van der Waals surface area contributed by atoms with E-state index in [4.69, 9.17) is 4.74 Å². The first-order valence-corrected chi connectivity index (χ1v) is 6.50. The van der Waals surface area contributed by atoms with Crippen LogP contribution in [0, 0.1) is 5.82 Å². The molecule has 0 saturated carbocycles. The van der Waals surface area contributed by atoms with Crippen molar-refractivity contribution in [1.82, 2.24) is 5.32 Å². The lowest BCUT2D eigenvalue weighted by Crippen LogP contribution is -2.32. The van der Waals surface area contributed by atoms with Gasteiger partial charge in [-0.1, -0.05) is 12.1 Å². The van der Waals surface area contributed by atoms with Crippen molar-refractivity contribution in [3.63, 3.8) is 0 Å². The maximum Gasteiger partial charge on any atom is 0.201 e. The van der Waals surface area contributed by atoms with Gasteiger partial charge in [-0.2, -0.15) is 0 Å². The lowest BCUT2D eigenvalue weighted by molar-refractivity contribution is 0.214. The van der Waals surface area contributed by atoms with Crippen LogP contribution in [0.4, 0.5) is 4.39 Å². The zero-order valence-corrected chi connectivity index (χ0v) is 10.2. The number of hydrogen-bond acceptors (Lipinski definition) is 3. The van der Waals surface area contributed by atoms with Gasteiger partial charge in [0.25, 0.3) is 0 Å². The van der Waals surface area contributed by atoms with Gasteiger partial charge in [-0.05, 0) is 37.1 Å². The molecule has 0 aromatic heterocycles. The zero-order chi connectivity index (χ0) is 12.4. The number of rotatable bonds is 3. The largest absolute Gasteiger partial charge is 0.474 e. The van der Waals surface area contributed by atoms with Crippen LogP contribution < -0.4 is 5.32 Å². The summed E-state index contributed by atoms with van der Waals surface area (Å²) in [5, 5.41) is 3.39. The van der Waals surface area contributed by atoms with Crippen LogP contribution in [0.15, 0.2) is 29.3 Å². The summed E-state index contributed by atoms with van der Waals surface area (Å²) in [7, 11) is 0. The van der Waals surface area contributed by atoms with Gasteiger partial charge in [-0.25, -0.2) is 4.39 Å². The van der Waals surface area contributed by atoms with Crippen molar-refractivity contribution in [3.8, 4) is 0 Å². The molecule has 1 N–H and O–H groups in total. The van der Waals surface area contributed by atoms with Gasteiger partial charge < -0.3 is 10.1 Å². The fourth-order valence-corrected chi connectivity index (χ4v) is 2.51. The fraction of sp³-hybridized carbons (Fsp3) is 0.500. The second kappa shape index (κ2) is 5.06. The topological polar surface area (TPSA) is 33.6 Å². The van der Waals surface area contributed by atoms with Gasteiger partial charge in [-0.3, -0.25) is 4.99 Å². The van der Waals surface area contributed by atoms with Crippen LogP contribution in [0.2, 0.25) is 0 Å². The third-order valence-electron chi connectivity index (χ3n) is 3.47. The number of benzene rings is 1. The highest BCUT2D eigenvalue weighted by Gasteiger charge is 2.28. The van der Waals surface area contributed by atoms with Gasteiger partial charge in [0.15, 0.2) is 0 Å². The second-order valence-corrected chi connectivity index (χ2v) is 4.90. The molecule has 2 heterocycles. The number of ether oxygens (including phenoxy) is 1. The molecule has 1 saturated heterocycles. The molecular formula is C14H17FN2O. The summed E-state index contributed by atoms with van der Waals surface area (Å²) in [6, 6.07) is 6.91. The Kier molecular flexibility index (Phi) is 3.28. The van der Waals surface area contributed by atoms with Crippen molar-refractivity contribution in [2.75, 3.05) is 13.1 Å². The first kappa shape index (κ1) is 11.7. The van der Waals surface area contributed by atoms with Crippen LogP contribution in [0.3, 0.4) is 0 Å². The summed E-state index contributed by atoms with van der Waals surface area (Å²) in [5.41, 5.74) is 1.09. The predicted octanol–water partition coefficient (Wildman–Crippen LogP) is 1.92. The minimum atomic E-state index is -0.196.